The molecule has 0 aliphatic carbocycles. The first kappa shape index (κ1) is 14.8. The topological polar surface area (TPSA) is 84.8 Å². The zero-order chi connectivity index (χ0) is 15.5. The molecule has 118 valence electrons. The molecule has 0 saturated carbocycles. The van der Waals surface area contributed by atoms with E-state index in [4.69, 9.17) is 14.9 Å². The normalized spacial score (nSPS) is 16.0. The number of oxazole rings is 1. The molecule has 2 aromatic rings. The van der Waals surface area contributed by atoms with Crippen LogP contribution in [0.4, 0.5) is 6.01 Å². The summed E-state index contributed by atoms with van der Waals surface area (Å²) in [6.07, 6.45) is 0. The number of carbonyl (C=O) groups is 1. The van der Waals surface area contributed by atoms with E-state index < -0.39 is 5.91 Å². The maximum Gasteiger partial charge on any atom is 0.298 e. The van der Waals surface area contributed by atoms with E-state index in [9.17, 15) is 4.79 Å². The summed E-state index contributed by atoms with van der Waals surface area (Å²) in [7, 11) is 1.93. The van der Waals surface area contributed by atoms with Crippen LogP contribution in [0, 0.1) is 0 Å². The van der Waals surface area contributed by atoms with Crippen LogP contribution in [0.15, 0.2) is 22.6 Å². The van der Waals surface area contributed by atoms with Crippen molar-refractivity contribution in [2.45, 2.75) is 0 Å². The molecule has 7 nitrogen and oxygen atoms in total. The Kier molecular flexibility index (Phi) is 4.26. The molecule has 1 saturated heterocycles. The summed E-state index contributed by atoms with van der Waals surface area (Å²) in [6, 6.07) is 5.68. The average molecular weight is 304 g/mol. The van der Waals surface area contributed by atoms with E-state index in [0.29, 0.717) is 22.7 Å². The number of amides is 1. The number of aromatic nitrogens is 1. The van der Waals surface area contributed by atoms with Gasteiger partial charge in [0, 0.05) is 33.2 Å². The molecule has 2 heterocycles. The van der Waals surface area contributed by atoms with Gasteiger partial charge in [-0.3, -0.25) is 9.69 Å². The molecule has 1 aromatic heterocycles. The van der Waals surface area contributed by atoms with Crippen LogP contribution in [0.1, 0.15) is 10.4 Å². The van der Waals surface area contributed by atoms with Gasteiger partial charge in [-0.05, 0) is 12.1 Å². The highest BCUT2D eigenvalue weighted by Gasteiger charge is 2.17. The van der Waals surface area contributed by atoms with Crippen molar-refractivity contribution in [2.24, 2.45) is 5.73 Å². The summed E-state index contributed by atoms with van der Waals surface area (Å²) >= 11 is 0. The lowest BCUT2D eigenvalue weighted by Gasteiger charge is -2.28. The van der Waals surface area contributed by atoms with Gasteiger partial charge < -0.3 is 19.8 Å². The van der Waals surface area contributed by atoms with Crippen LogP contribution in [-0.4, -0.2) is 62.2 Å². The van der Waals surface area contributed by atoms with E-state index in [1.807, 2.05) is 11.9 Å². The summed E-state index contributed by atoms with van der Waals surface area (Å²) in [4.78, 5) is 20.1. The molecule has 22 heavy (non-hydrogen) atoms. The summed E-state index contributed by atoms with van der Waals surface area (Å²) in [5, 5.41) is 0. The number of carbonyl (C=O) groups excluding carboxylic acids is 1. The Labute approximate surface area is 128 Å². The Balaban J connectivity index is 1.72. The highest BCUT2D eigenvalue weighted by atomic mass is 16.5. The number of morpholine rings is 1. The number of benzene rings is 1. The van der Waals surface area contributed by atoms with Crippen molar-refractivity contribution in [1.29, 1.82) is 0 Å². The van der Waals surface area contributed by atoms with Gasteiger partial charge in [0.15, 0.2) is 5.58 Å². The number of ether oxygens (including phenoxy) is 1. The second-order valence-electron chi connectivity index (χ2n) is 5.39. The molecule has 0 bridgehead atoms. The fraction of sp³-hybridized carbons (Fsp3) is 0.467. The number of nitrogens with zero attached hydrogens (tertiary/aromatic N) is 3. The third-order valence-corrected chi connectivity index (χ3v) is 3.86. The van der Waals surface area contributed by atoms with Crippen LogP contribution >= 0.6 is 0 Å². The van der Waals surface area contributed by atoms with Gasteiger partial charge in [-0.15, -0.1) is 0 Å². The third kappa shape index (κ3) is 3.05. The van der Waals surface area contributed by atoms with Crippen molar-refractivity contribution in [3.8, 4) is 0 Å². The first-order valence-electron chi connectivity index (χ1n) is 7.36. The Morgan fingerprint density at radius 1 is 1.41 bits per heavy atom. The lowest BCUT2D eigenvalue weighted by atomic mass is 10.2. The van der Waals surface area contributed by atoms with Crippen molar-refractivity contribution < 1.29 is 13.9 Å². The number of likely N-dealkylation sites (N-methyl/N-ethyl adjacent to an activating group) is 1. The fourth-order valence-corrected chi connectivity index (χ4v) is 2.51. The number of primary amides is 1. The van der Waals surface area contributed by atoms with Crippen LogP contribution in [0.2, 0.25) is 0 Å². The molecule has 0 spiro atoms. The standard InChI is InChI=1S/C15H20N4O3/c1-18(5-6-19-7-9-21-10-8-19)15-17-13-11(14(16)20)3-2-4-12(13)22-15/h2-4H,5-10H2,1H3,(H2,16,20). The van der Waals surface area contributed by atoms with Gasteiger partial charge >= 0.3 is 0 Å². The maximum atomic E-state index is 11.4. The predicted molar refractivity (Wildman–Crippen MR) is 83.1 cm³/mol. The van der Waals surface area contributed by atoms with Crippen LogP contribution in [0.3, 0.4) is 0 Å². The Morgan fingerprint density at radius 3 is 2.91 bits per heavy atom. The Morgan fingerprint density at radius 2 is 2.18 bits per heavy atom. The lowest BCUT2D eigenvalue weighted by Crippen LogP contribution is -2.40. The molecule has 0 atom stereocenters. The Hall–Kier alpha value is -2.12. The second kappa shape index (κ2) is 6.33. The number of para-hydroxylation sites is 1. The van der Waals surface area contributed by atoms with Gasteiger partial charge in [-0.25, -0.2) is 0 Å². The van der Waals surface area contributed by atoms with Crippen molar-refractivity contribution >= 4 is 23.0 Å². The molecule has 1 aromatic carbocycles. The first-order chi connectivity index (χ1) is 10.6. The van der Waals surface area contributed by atoms with Crippen molar-refractivity contribution in [3.63, 3.8) is 0 Å². The van der Waals surface area contributed by atoms with Crippen LogP contribution in [-0.2, 0) is 4.74 Å². The smallest absolute Gasteiger partial charge is 0.298 e. The minimum absolute atomic E-state index is 0.383. The highest BCUT2D eigenvalue weighted by Crippen LogP contribution is 2.23. The van der Waals surface area contributed by atoms with Crippen LogP contribution < -0.4 is 10.6 Å². The summed E-state index contributed by atoms with van der Waals surface area (Å²) in [6.45, 7) is 5.18. The van der Waals surface area contributed by atoms with Gasteiger partial charge in [0.05, 0.1) is 18.8 Å². The molecule has 0 radical (unpaired) electrons. The number of rotatable bonds is 5. The molecule has 0 unspecified atom stereocenters. The molecule has 1 amide bonds. The SMILES string of the molecule is CN(CCN1CCOCC1)c1nc2c(C(N)=O)cccc2o1. The Bertz CT molecular complexity index is 664. The van der Waals surface area contributed by atoms with E-state index in [1.54, 1.807) is 18.2 Å². The molecule has 1 fully saturated rings. The minimum Gasteiger partial charge on any atom is -0.423 e. The lowest BCUT2D eigenvalue weighted by molar-refractivity contribution is 0.0392. The van der Waals surface area contributed by atoms with Gasteiger partial charge in [-0.2, -0.15) is 4.98 Å². The minimum atomic E-state index is -0.499. The molecule has 1 aliphatic rings. The van der Waals surface area contributed by atoms with Gasteiger partial charge in [0.25, 0.3) is 11.9 Å². The zero-order valence-electron chi connectivity index (χ0n) is 12.6. The summed E-state index contributed by atoms with van der Waals surface area (Å²) in [5.41, 5.74) is 6.84. The summed E-state index contributed by atoms with van der Waals surface area (Å²) < 4.78 is 11.1. The third-order valence-electron chi connectivity index (χ3n) is 3.86. The molecule has 1 aliphatic heterocycles. The van der Waals surface area contributed by atoms with E-state index in [-0.39, 0.29) is 0 Å². The van der Waals surface area contributed by atoms with Crippen molar-refractivity contribution in [2.75, 3.05) is 51.3 Å². The number of nitrogens with two attached hydrogens (primary N) is 1. The monoisotopic (exact) mass is 304 g/mol. The van der Waals surface area contributed by atoms with Crippen molar-refractivity contribution in [3.05, 3.63) is 23.8 Å². The first-order valence-corrected chi connectivity index (χ1v) is 7.36. The van der Waals surface area contributed by atoms with Gasteiger partial charge in [-0.1, -0.05) is 6.07 Å². The number of fused-ring (bicyclic) bond motifs is 1. The molecular formula is C15H20N4O3. The quantitative estimate of drug-likeness (QED) is 0.875. The highest BCUT2D eigenvalue weighted by molar-refractivity contribution is 6.03. The van der Waals surface area contributed by atoms with Gasteiger partial charge in [0.1, 0.15) is 5.52 Å². The average Bonchev–Trinajstić information content (AvgIpc) is 2.97. The van der Waals surface area contributed by atoms with E-state index >= 15 is 0 Å². The zero-order valence-corrected chi connectivity index (χ0v) is 12.6. The number of hydrogen-bond acceptors (Lipinski definition) is 6. The molecule has 7 heteroatoms. The fourth-order valence-electron chi connectivity index (χ4n) is 2.51. The molecule has 2 N–H and O–H groups in total. The summed E-state index contributed by atoms with van der Waals surface area (Å²) in [5.74, 6) is -0.499. The largest absolute Gasteiger partial charge is 0.423 e. The van der Waals surface area contributed by atoms with Crippen LogP contribution in [0.5, 0.6) is 0 Å². The molecular weight excluding hydrogens is 284 g/mol. The van der Waals surface area contributed by atoms with Crippen molar-refractivity contribution in [1.82, 2.24) is 9.88 Å². The second-order valence-corrected chi connectivity index (χ2v) is 5.39. The number of anilines is 1. The maximum absolute atomic E-state index is 11.4. The predicted octanol–water partition coefficient (Wildman–Crippen LogP) is 0.695. The number of hydrogen-bond donors (Lipinski definition) is 1. The van der Waals surface area contributed by atoms with E-state index in [1.165, 1.54) is 0 Å². The van der Waals surface area contributed by atoms with Crippen LogP contribution in [0.25, 0.3) is 11.1 Å². The van der Waals surface area contributed by atoms with E-state index in [2.05, 4.69) is 9.88 Å². The van der Waals surface area contributed by atoms with Gasteiger partial charge in [0.2, 0.25) is 0 Å². The van der Waals surface area contributed by atoms with E-state index in [0.717, 1.165) is 39.4 Å². The molecule has 3 rings (SSSR count).